The molecule has 1 heterocycles. The molecule has 0 bridgehead atoms. The van der Waals surface area contributed by atoms with Crippen LogP contribution in [0.25, 0.3) is 0 Å². The molecule has 1 aromatic carbocycles. The fourth-order valence-electron chi connectivity index (χ4n) is 1.98. The van der Waals surface area contributed by atoms with Crippen molar-refractivity contribution >= 4 is 0 Å². The van der Waals surface area contributed by atoms with E-state index in [9.17, 15) is 13.9 Å². The van der Waals surface area contributed by atoms with Crippen LogP contribution in [-0.4, -0.2) is 17.8 Å². The number of hydrogen-bond acceptors (Lipinski definition) is 2. The summed E-state index contributed by atoms with van der Waals surface area (Å²) < 4.78 is 31.2. The molecule has 1 aliphatic heterocycles. The lowest BCUT2D eigenvalue weighted by Crippen LogP contribution is -2.11. The van der Waals surface area contributed by atoms with Crippen molar-refractivity contribution in [3.8, 4) is 0 Å². The first kappa shape index (κ1) is 11.5. The lowest BCUT2D eigenvalue weighted by Gasteiger charge is -2.15. The minimum atomic E-state index is -0.867. The van der Waals surface area contributed by atoms with E-state index in [-0.39, 0.29) is 11.7 Å². The van der Waals surface area contributed by atoms with Crippen molar-refractivity contribution in [1.29, 1.82) is 0 Å². The standard InChI is InChI=1S/C12H14F2O2/c13-9-4-8(5-10(14)6-9)12(15)7-11-2-1-3-16-11/h4-6,11-12,15H,1-3,7H2. The van der Waals surface area contributed by atoms with Gasteiger partial charge in [-0.15, -0.1) is 0 Å². The molecule has 0 amide bonds. The zero-order chi connectivity index (χ0) is 11.5. The van der Waals surface area contributed by atoms with E-state index in [1.807, 2.05) is 0 Å². The highest BCUT2D eigenvalue weighted by atomic mass is 19.1. The van der Waals surface area contributed by atoms with Gasteiger partial charge in [0.1, 0.15) is 11.6 Å². The Morgan fingerprint density at radius 1 is 1.31 bits per heavy atom. The largest absolute Gasteiger partial charge is 0.388 e. The zero-order valence-electron chi connectivity index (χ0n) is 8.83. The summed E-state index contributed by atoms with van der Waals surface area (Å²) >= 11 is 0. The van der Waals surface area contributed by atoms with E-state index in [4.69, 9.17) is 4.74 Å². The molecular weight excluding hydrogens is 214 g/mol. The third-order valence-corrected chi connectivity index (χ3v) is 2.78. The van der Waals surface area contributed by atoms with Gasteiger partial charge in [-0.3, -0.25) is 0 Å². The molecule has 0 aliphatic carbocycles. The Kier molecular flexibility index (Phi) is 3.51. The van der Waals surface area contributed by atoms with Crippen LogP contribution in [0.4, 0.5) is 8.78 Å². The first-order valence-electron chi connectivity index (χ1n) is 5.41. The van der Waals surface area contributed by atoms with E-state index in [0.717, 1.165) is 31.0 Å². The van der Waals surface area contributed by atoms with E-state index in [1.54, 1.807) is 0 Å². The van der Waals surface area contributed by atoms with Crippen LogP contribution in [0.5, 0.6) is 0 Å². The van der Waals surface area contributed by atoms with Crippen molar-refractivity contribution in [3.63, 3.8) is 0 Å². The van der Waals surface area contributed by atoms with Gasteiger partial charge in [0.05, 0.1) is 12.2 Å². The van der Waals surface area contributed by atoms with Gasteiger partial charge in [-0.1, -0.05) is 0 Å². The summed E-state index contributed by atoms with van der Waals surface area (Å²) in [7, 11) is 0. The molecular formula is C12H14F2O2. The van der Waals surface area contributed by atoms with Gasteiger partial charge in [-0.05, 0) is 30.5 Å². The van der Waals surface area contributed by atoms with Gasteiger partial charge in [-0.25, -0.2) is 8.78 Å². The van der Waals surface area contributed by atoms with Crippen LogP contribution in [0.2, 0.25) is 0 Å². The van der Waals surface area contributed by atoms with Gasteiger partial charge in [-0.2, -0.15) is 0 Å². The molecule has 1 aliphatic rings. The van der Waals surface area contributed by atoms with Crippen LogP contribution >= 0.6 is 0 Å². The van der Waals surface area contributed by atoms with Crippen LogP contribution in [0.1, 0.15) is 30.9 Å². The molecule has 2 unspecified atom stereocenters. The Morgan fingerprint density at radius 2 is 2.00 bits per heavy atom. The number of ether oxygens (including phenoxy) is 1. The number of aliphatic hydroxyl groups excluding tert-OH is 1. The Labute approximate surface area is 92.9 Å². The molecule has 0 aromatic heterocycles. The van der Waals surface area contributed by atoms with Crippen LogP contribution in [0.3, 0.4) is 0 Å². The summed E-state index contributed by atoms with van der Waals surface area (Å²) in [4.78, 5) is 0. The number of rotatable bonds is 3. The average molecular weight is 228 g/mol. The van der Waals surface area contributed by atoms with Gasteiger partial charge in [0.15, 0.2) is 0 Å². The third kappa shape index (κ3) is 2.77. The van der Waals surface area contributed by atoms with Crippen molar-refractivity contribution < 1.29 is 18.6 Å². The maximum atomic E-state index is 12.9. The molecule has 2 rings (SSSR count). The minimum absolute atomic E-state index is 0.00123. The van der Waals surface area contributed by atoms with Gasteiger partial charge < -0.3 is 9.84 Å². The Balaban J connectivity index is 2.04. The van der Waals surface area contributed by atoms with Crippen LogP contribution in [0.15, 0.2) is 18.2 Å². The quantitative estimate of drug-likeness (QED) is 0.861. The van der Waals surface area contributed by atoms with Crippen LogP contribution in [-0.2, 0) is 4.74 Å². The Morgan fingerprint density at radius 3 is 2.56 bits per heavy atom. The Bertz CT molecular complexity index is 342. The second-order valence-corrected chi connectivity index (χ2v) is 4.09. The van der Waals surface area contributed by atoms with E-state index in [0.29, 0.717) is 13.0 Å². The molecule has 2 atom stereocenters. The van der Waals surface area contributed by atoms with E-state index >= 15 is 0 Å². The minimum Gasteiger partial charge on any atom is -0.388 e. The predicted molar refractivity (Wildman–Crippen MR) is 54.9 cm³/mol. The number of aliphatic hydroxyl groups is 1. The van der Waals surface area contributed by atoms with Crippen LogP contribution in [0, 0.1) is 11.6 Å². The van der Waals surface area contributed by atoms with Gasteiger partial charge in [0, 0.05) is 19.1 Å². The summed E-state index contributed by atoms with van der Waals surface area (Å²) in [5.74, 6) is -1.33. The van der Waals surface area contributed by atoms with Crippen molar-refractivity contribution in [1.82, 2.24) is 0 Å². The second kappa shape index (κ2) is 4.89. The topological polar surface area (TPSA) is 29.5 Å². The molecule has 1 fully saturated rings. The number of halogens is 2. The molecule has 0 saturated carbocycles. The monoisotopic (exact) mass is 228 g/mol. The fourth-order valence-corrected chi connectivity index (χ4v) is 1.98. The number of benzene rings is 1. The molecule has 88 valence electrons. The molecule has 0 spiro atoms. The molecule has 1 aromatic rings. The highest BCUT2D eigenvalue weighted by Gasteiger charge is 2.21. The Hall–Kier alpha value is -1.00. The molecule has 16 heavy (non-hydrogen) atoms. The molecule has 4 heteroatoms. The lowest BCUT2D eigenvalue weighted by atomic mass is 10.0. The third-order valence-electron chi connectivity index (χ3n) is 2.78. The van der Waals surface area contributed by atoms with Crippen molar-refractivity contribution in [2.75, 3.05) is 6.61 Å². The van der Waals surface area contributed by atoms with Gasteiger partial charge >= 0.3 is 0 Å². The van der Waals surface area contributed by atoms with E-state index in [2.05, 4.69) is 0 Å². The van der Waals surface area contributed by atoms with E-state index < -0.39 is 17.7 Å². The van der Waals surface area contributed by atoms with Crippen molar-refractivity contribution in [2.45, 2.75) is 31.5 Å². The normalized spacial score (nSPS) is 22.3. The highest BCUT2D eigenvalue weighted by molar-refractivity contribution is 5.20. The number of hydrogen-bond donors (Lipinski definition) is 1. The second-order valence-electron chi connectivity index (χ2n) is 4.09. The maximum absolute atomic E-state index is 12.9. The van der Waals surface area contributed by atoms with E-state index in [1.165, 1.54) is 0 Å². The predicted octanol–water partition coefficient (Wildman–Crippen LogP) is 2.57. The molecule has 2 nitrogen and oxygen atoms in total. The maximum Gasteiger partial charge on any atom is 0.126 e. The first-order valence-corrected chi connectivity index (χ1v) is 5.41. The van der Waals surface area contributed by atoms with Crippen molar-refractivity contribution in [2.24, 2.45) is 0 Å². The van der Waals surface area contributed by atoms with Gasteiger partial charge in [0.2, 0.25) is 0 Å². The zero-order valence-corrected chi connectivity index (χ0v) is 8.83. The molecule has 0 radical (unpaired) electrons. The first-order chi connectivity index (χ1) is 7.65. The van der Waals surface area contributed by atoms with Gasteiger partial charge in [0.25, 0.3) is 0 Å². The summed E-state index contributed by atoms with van der Waals surface area (Å²) in [6.07, 6.45) is 1.40. The highest BCUT2D eigenvalue weighted by Crippen LogP contribution is 2.25. The lowest BCUT2D eigenvalue weighted by molar-refractivity contribution is 0.0532. The summed E-state index contributed by atoms with van der Waals surface area (Å²) in [5.41, 5.74) is 0.271. The summed E-state index contributed by atoms with van der Waals surface area (Å²) in [6.45, 7) is 0.703. The molecule has 1 saturated heterocycles. The average Bonchev–Trinajstić information content (AvgIpc) is 2.68. The van der Waals surface area contributed by atoms with Crippen LogP contribution < -0.4 is 0 Å². The smallest absolute Gasteiger partial charge is 0.126 e. The van der Waals surface area contributed by atoms with Crippen molar-refractivity contribution in [3.05, 3.63) is 35.4 Å². The SMILES string of the molecule is OC(CC1CCCO1)c1cc(F)cc(F)c1. The summed E-state index contributed by atoms with van der Waals surface area (Å²) in [5, 5.41) is 9.82. The summed E-state index contributed by atoms with van der Waals surface area (Å²) in [6, 6.07) is 3.10. The fraction of sp³-hybridized carbons (Fsp3) is 0.500. The molecule has 1 N–H and O–H groups in total.